The Kier molecular flexibility index (Phi) is 5.38. The van der Waals surface area contributed by atoms with Gasteiger partial charge >= 0.3 is 0 Å². The second kappa shape index (κ2) is 6.18. The lowest BCUT2D eigenvalue weighted by Gasteiger charge is -2.33. The second-order valence-corrected chi connectivity index (χ2v) is 6.47. The fraction of sp³-hybridized carbons (Fsp3) is 0.867. The van der Waals surface area contributed by atoms with Crippen molar-refractivity contribution in [3.8, 4) is 0 Å². The number of aliphatic hydroxyl groups is 3. The summed E-state index contributed by atoms with van der Waals surface area (Å²) < 4.78 is 0. The van der Waals surface area contributed by atoms with Crippen LogP contribution in [0.5, 0.6) is 0 Å². The summed E-state index contributed by atoms with van der Waals surface area (Å²) in [5.41, 5.74) is 0.279. The van der Waals surface area contributed by atoms with Crippen molar-refractivity contribution >= 4 is 0 Å². The summed E-state index contributed by atoms with van der Waals surface area (Å²) in [7, 11) is 0. The number of allylic oxidation sites excluding steroid dienone is 2. The number of hydrogen-bond acceptors (Lipinski definition) is 3. The van der Waals surface area contributed by atoms with Gasteiger partial charge in [-0.2, -0.15) is 0 Å². The molecule has 0 amide bonds. The lowest BCUT2D eigenvalue weighted by atomic mass is 9.75. The predicted octanol–water partition coefficient (Wildman–Crippen LogP) is 2.40. The molecule has 0 fully saturated rings. The van der Waals surface area contributed by atoms with Crippen LogP contribution in [-0.2, 0) is 0 Å². The van der Waals surface area contributed by atoms with E-state index in [-0.39, 0.29) is 18.1 Å². The van der Waals surface area contributed by atoms with Crippen LogP contribution in [0.25, 0.3) is 0 Å². The summed E-state index contributed by atoms with van der Waals surface area (Å²) in [5, 5.41) is 29.1. The molecular formula is C15H28O3. The van der Waals surface area contributed by atoms with E-state index in [1.807, 2.05) is 0 Å². The first kappa shape index (κ1) is 15.7. The van der Waals surface area contributed by atoms with Crippen LogP contribution in [-0.4, -0.2) is 33.6 Å². The van der Waals surface area contributed by atoms with Gasteiger partial charge in [-0.3, -0.25) is 0 Å². The molecule has 0 aliphatic heterocycles. The summed E-state index contributed by atoms with van der Waals surface area (Å²) >= 11 is 0. The van der Waals surface area contributed by atoms with Crippen LogP contribution in [0, 0.1) is 5.41 Å². The Morgan fingerprint density at radius 3 is 2.78 bits per heavy atom. The minimum atomic E-state index is -0.988. The van der Waals surface area contributed by atoms with Crippen molar-refractivity contribution in [1.29, 1.82) is 0 Å². The highest BCUT2D eigenvalue weighted by Gasteiger charge is 2.33. The van der Waals surface area contributed by atoms with E-state index in [1.165, 1.54) is 5.57 Å². The van der Waals surface area contributed by atoms with Gasteiger partial charge in [0.15, 0.2) is 0 Å². The van der Waals surface area contributed by atoms with E-state index >= 15 is 0 Å². The lowest BCUT2D eigenvalue weighted by Crippen LogP contribution is -2.33. The second-order valence-electron chi connectivity index (χ2n) is 6.47. The van der Waals surface area contributed by atoms with E-state index in [4.69, 9.17) is 5.11 Å². The molecule has 0 saturated heterocycles. The van der Waals surface area contributed by atoms with Gasteiger partial charge in [-0.1, -0.05) is 18.6 Å². The normalized spacial score (nSPS) is 32.6. The van der Waals surface area contributed by atoms with E-state index < -0.39 is 5.60 Å². The lowest BCUT2D eigenvalue weighted by molar-refractivity contribution is -0.0164. The summed E-state index contributed by atoms with van der Waals surface area (Å²) in [6.07, 6.45) is 6.96. The number of hydrogen-bond donors (Lipinski definition) is 3. The molecule has 106 valence electrons. The van der Waals surface area contributed by atoms with Crippen LogP contribution in [0.4, 0.5) is 0 Å². The van der Waals surface area contributed by atoms with Crippen LogP contribution in [0.15, 0.2) is 11.6 Å². The minimum Gasteiger partial charge on any atom is -0.393 e. The van der Waals surface area contributed by atoms with Gasteiger partial charge in [-0.25, -0.2) is 0 Å². The molecule has 0 aromatic rings. The summed E-state index contributed by atoms with van der Waals surface area (Å²) in [4.78, 5) is 0. The first-order chi connectivity index (χ1) is 8.29. The van der Waals surface area contributed by atoms with Crippen molar-refractivity contribution in [2.45, 2.75) is 71.0 Å². The van der Waals surface area contributed by atoms with Gasteiger partial charge in [-0.15, -0.1) is 0 Å². The molecule has 3 nitrogen and oxygen atoms in total. The molecule has 0 saturated carbocycles. The average Bonchev–Trinajstić information content (AvgIpc) is 2.43. The molecular weight excluding hydrogens is 228 g/mol. The molecule has 0 radical (unpaired) electrons. The molecule has 0 aromatic heterocycles. The van der Waals surface area contributed by atoms with Gasteiger partial charge in [0, 0.05) is 0 Å². The molecule has 1 aliphatic rings. The maximum atomic E-state index is 10.3. The largest absolute Gasteiger partial charge is 0.393 e. The predicted molar refractivity (Wildman–Crippen MR) is 73.3 cm³/mol. The Bertz CT molecular complexity index is 296. The summed E-state index contributed by atoms with van der Waals surface area (Å²) in [5.74, 6) is 0. The monoisotopic (exact) mass is 256 g/mol. The van der Waals surface area contributed by atoms with E-state index in [0.717, 1.165) is 32.1 Å². The van der Waals surface area contributed by atoms with Gasteiger partial charge in [0.2, 0.25) is 0 Å². The van der Waals surface area contributed by atoms with Crippen molar-refractivity contribution in [1.82, 2.24) is 0 Å². The molecule has 0 spiro atoms. The van der Waals surface area contributed by atoms with Crippen LogP contribution in [0.2, 0.25) is 0 Å². The van der Waals surface area contributed by atoms with Gasteiger partial charge in [0.1, 0.15) is 0 Å². The Morgan fingerprint density at radius 2 is 2.17 bits per heavy atom. The van der Waals surface area contributed by atoms with Crippen molar-refractivity contribution < 1.29 is 15.3 Å². The minimum absolute atomic E-state index is 0.0940. The maximum absolute atomic E-state index is 10.3. The van der Waals surface area contributed by atoms with Crippen LogP contribution in [0.1, 0.15) is 59.3 Å². The van der Waals surface area contributed by atoms with Crippen molar-refractivity contribution in [3.63, 3.8) is 0 Å². The topological polar surface area (TPSA) is 60.7 Å². The number of aliphatic hydroxyl groups excluding tert-OH is 2. The van der Waals surface area contributed by atoms with E-state index in [1.54, 1.807) is 6.92 Å². The van der Waals surface area contributed by atoms with Crippen molar-refractivity contribution in [2.24, 2.45) is 5.41 Å². The maximum Gasteiger partial charge on any atom is 0.0849 e. The highest BCUT2D eigenvalue weighted by atomic mass is 16.3. The van der Waals surface area contributed by atoms with Crippen molar-refractivity contribution in [3.05, 3.63) is 11.6 Å². The van der Waals surface area contributed by atoms with E-state index in [0.29, 0.717) is 6.42 Å². The van der Waals surface area contributed by atoms with Crippen LogP contribution in [0.3, 0.4) is 0 Å². The van der Waals surface area contributed by atoms with Gasteiger partial charge < -0.3 is 15.3 Å². The Morgan fingerprint density at radius 1 is 1.50 bits per heavy atom. The molecule has 3 N–H and O–H groups in total. The standard InChI is InChI=1S/C15H28O3/c1-12-5-6-13(17)14(2,10-7-12)8-4-9-15(3,18)11-16/h7,13,16-18H,4-6,8-11H2,1-3H3/t13?,14-,15?/m1/s1. The van der Waals surface area contributed by atoms with E-state index in [2.05, 4.69) is 19.9 Å². The van der Waals surface area contributed by atoms with Gasteiger partial charge in [0.05, 0.1) is 18.3 Å². The third-order valence-electron chi connectivity index (χ3n) is 4.34. The molecule has 0 heterocycles. The quantitative estimate of drug-likeness (QED) is 0.662. The molecule has 3 atom stereocenters. The zero-order valence-electron chi connectivity index (χ0n) is 11.9. The zero-order chi connectivity index (χ0) is 13.8. The highest BCUT2D eigenvalue weighted by molar-refractivity contribution is 5.05. The average molecular weight is 256 g/mol. The SMILES string of the molecule is CC1=CC[C@@](C)(CCCC(C)(O)CO)C(O)CC1. The summed E-state index contributed by atoms with van der Waals surface area (Å²) in [6.45, 7) is 5.70. The van der Waals surface area contributed by atoms with Crippen LogP contribution < -0.4 is 0 Å². The van der Waals surface area contributed by atoms with Crippen molar-refractivity contribution in [2.75, 3.05) is 6.61 Å². The number of rotatable bonds is 5. The molecule has 1 aliphatic carbocycles. The van der Waals surface area contributed by atoms with Gasteiger partial charge in [0.25, 0.3) is 0 Å². The van der Waals surface area contributed by atoms with E-state index in [9.17, 15) is 10.2 Å². The molecule has 3 heteroatoms. The highest BCUT2D eigenvalue weighted by Crippen LogP contribution is 2.38. The molecule has 2 unspecified atom stereocenters. The fourth-order valence-corrected chi connectivity index (χ4v) is 2.58. The fourth-order valence-electron chi connectivity index (χ4n) is 2.58. The summed E-state index contributed by atoms with van der Waals surface area (Å²) in [6, 6.07) is 0. The van der Waals surface area contributed by atoms with Gasteiger partial charge in [-0.05, 0) is 57.8 Å². The Hall–Kier alpha value is -0.380. The Balaban J connectivity index is 2.52. The molecule has 0 aromatic carbocycles. The third-order valence-corrected chi connectivity index (χ3v) is 4.34. The zero-order valence-corrected chi connectivity index (χ0v) is 11.9. The molecule has 1 rings (SSSR count). The first-order valence-corrected chi connectivity index (χ1v) is 6.96. The third kappa shape index (κ3) is 4.38. The molecule has 0 bridgehead atoms. The van der Waals surface area contributed by atoms with Crippen LogP contribution >= 0.6 is 0 Å². The smallest absolute Gasteiger partial charge is 0.0849 e. The molecule has 18 heavy (non-hydrogen) atoms. The first-order valence-electron chi connectivity index (χ1n) is 6.96. The Labute approximate surface area is 111 Å².